The maximum absolute atomic E-state index is 13.7. The molecule has 0 amide bonds. The Labute approximate surface area is 133 Å². The summed E-state index contributed by atoms with van der Waals surface area (Å²) in [5.74, 6) is 0.0173. The minimum atomic E-state index is -0.416. The summed E-state index contributed by atoms with van der Waals surface area (Å²) in [4.78, 5) is 9.29. The van der Waals surface area contributed by atoms with E-state index in [1.165, 1.54) is 11.6 Å². The highest BCUT2D eigenvalue weighted by molar-refractivity contribution is 6.12. The van der Waals surface area contributed by atoms with E-state index in [1.54, 1.807) is 12.1 Å². The average molecular weight is 306 g/mol. The van der Waals surface area contributed by atoms with E-state index in [2.05, 4.69) is 35.1 Å². The number of aliphatic imine (C=N–C) groups is 1. The Morgan fingerprint density at radius 1 is 1.00 bits per heavy atom. The molecule has 23 heavy (non-hydrogen) atoms. The van der Waals surface area contributed by atoms with Crippen molar-refractivity contribution in [1.29, 1.82) is 0 Å². The topological polar surface area (TPSA) is 51.0 Å². The molecule has 0 saturated heterocycles. The molecular formula is C18H15FN4. The van der Waals surface area contributed by atoms with E-state index in [0.717, 1.165) is 17.7 Å². The van der Waals surface area contributed by atoms with Gasteiger partial charge in [-0.25, -0.2) is 9.37 Å². The summed E-state index contributed by atoms with van der Waals surface area (Å²) < 4.78 is 13.7. The zero-order valence-corrected chi connectivity index (χ0v) is 12.9. The summed E-state index contributed by atoms with van der Waals surface area (Å²) in [6.07, 6.45) is 0.863. The number of aromatic nitrogens is 3. The van der Waals surface area contributed by atoms with Crippen molar-refractivity contribution >= 4 is 16.7 Å². The second-order valence-corrected chi connectivity index (χ2v) is 6.35. The van der Waals surface area contributed by atoms with Crippen molar-refractivity contribution in [2.24, 2.45) is 4.99 Å². The summed E-state index contributed by atoms with van der Waals surface area (Å²) in [6.45, 7) is 4.16. The number of fused-ring (bicyclic) bond motifs is 2. The van der Waals surface area contributed by atoms with E-state index in [4.69, 9.17) is 4.99 Å². The molecule has 0 saturated carbocycles. The van der Waals surface area contributed by atoms with Crippen LogP contribution in [0.1, 0.15) is 30.8 Å². The largest absolute Gasteiger partial charge is 0.274 e. The quantitative estimate of drug-likeness (QED) is 0.693. The molecule has 3 aromatic rings. The molecule has 0 N–H and O–H groups in total. The van der Waals surface area contributed by atoms with Gasteiger partial charge < -0.3 is 0 Å². The summed E-state index contributed by atoms with van der Waals surface area (Å²) in [5, 5.41) is 8.13. The third-order valence-electron chi connectivity index (χ3n) is 3.96. The Morgan fingerprint density at radius 2 is 1.83 bits per heavy atom. The Bertz CT molecular complexity index is 947. The number of hydrogen-bond acceptors (Lipinski definition) is 4. The van der Waals surface area contributed by atoms with Gasteiger partial charge in [0.15, 0.2) is 5.82 Å². The maximum Gasteiger partial charge on any atom is 0.201 e. The van der Waals surface area contributed by atoms with Crippen LogP contribution in [0.25, 0.3) is 11.0 Å². The van der Waals surface area contributed by atoms with Crippen LogP contribution in [0.15, 0.2) is 47.5 Å². The monoisotopic (exact) mass is 306 g/mol. The van der Waals surface area contributed by atoms with Crippen LogP contribution in [0.3, 0.4) is 0 Å². The van der Waals surface area contributed by atoms with Gasteiger partial charge in [-0.1, -0.05) is 30.3 Å². The van der Waals surface area contributed by atoms with Crippen LogP contribution < -0.4 is 0 Å². The first-order valence-corrected chi connectivity index (χ1v) is 7.51. The Morgan fingerprint density at radius 3 is 2.70 bits per heavy atom. The summed E-state index contributed by atoms with van der Waals surface area (Å²) in [7, 11) is 0. The van der Waals surface area contributed by atoms with Gasteiger partial charge in [0.1, 0.15) is 11.2 Å². The fourth-order valence-corrected chi connectivity index (χ4v) is 2.97. The molecule has 0 atom stereocenters. The summed E-state index contributed by atoms with van der Waals surface area (Å²) in [6, 6.07) is 12.8. The molecule has 1 aliphatic rings. The first-order valence-electron chi connectivity index (χ1n) is 7.51. The lowest BCUT2D eigenvalue weighted by Crippen LogP contribution is -2.30. The van der Waals surface area contributed by atoms with Crippen LogP contribution in [-0.2, 0) is 6.42 Å². The predicted molar refractivity (Wildman–Crippen MR) is 87.2 cm³/mol. The molecule has 1 aliphatic heterocycles. The number of halogens is 1. The second-order valence-electron chi connectivity index (χ2n) is 6.35. The van der Waals surface area contributed by atoms with E-state index < -0.39 is 5.82 Å². The van der Waals surface area contributed by atoms with Crippen LogP contribution in [0.4, 0.5) is 4.39 Å². The number of hydrogen-bond donors (Lipinski definition) is 0. The molecule has 0 unspecified atom stereocenters. The van der Waals surface area contributed by atoms with E-state index in [9.17, 15) is 4.39 Å². The highest BCUT2D eigenvalue weighted by Crippen LogP contribution is 2.28. The van der Waals surface area contributed by atoms with Crippen LogP contribution in [-0.4, -0.2) is 26.4 Å². The molecule has 2 heterocycles. The van der Waals surface area contributed by atoms with Crippen molar-refractivity contribution in [3.05, 3.63) is 65.2 Å². The summed E-state index contributed by atoms with van der Waals surface area (Å²) >= 11 is 0. The number of nitrogens with zero attached hydrogens (tertiary/aromatic N) is 4. The van der Waals surface area contributed by atoms with Gasteiger partial charge in [0.25, 0.3) is 0 Å². The third kappa shape index (κ3) is 2.38. The van der Waals surface area contributed by atoms with Gasteiger partial charge in [-0.2, -0.15) is 0 Å². The van der Waals surface area contributed by atoms with Gasteiger partial charge in [-0.15, -0.1) is 10.2 Å². The highest BCUT2D eigenvalue weighted by atomic mass is 19.1. The summed E-state index contributed by atoms with van der Waals surface area (Å²) in [5.41, 5.74) is 3.38. The van der Waals surface area contributed by atoms with Crippen molar-refractivity contribution in [2.75, 3.05) is 0 Å². The normalized spacial score (nSPS) is 16.0. The molecule has 4 nitrogen and oxygen atoms in total. The Hall–Kier alpha value is -2.69. The van der Waals surface area contributed by atoms with Crippen LogP contribution in [0, 0.1) is 5.82 Å². The van der Waals surface area contributed by atoms with Gasteiger partial charge >= 0.3 is 0 Å². The lowest BCUT2D eigenvalue weighted by Gasteiger charge is -2.28. The molecule has 0 bridgehead atoms. The molecule has 0 aliphatic carbocycles. The fourth-order valence-electron chi connectivity index (χ4n) is 2.97. The van der Waals surface area contributed by atoms with Crippen LogP contribution in [0.5, 0.6) is 0 Å². The lowest BCUT2D eigenvalue weighted by atomic mass is 9.87. The van der Waals surface area contributed by atoms with Crippen molar-refractivity contribution in [3.8, 4) is 0 Å². The van der Waals surface area contributed by atoms with Gasteiger partial charge in [0.2, 0.25) is 5.82 Å². The van der Waals surface area contributed by atoms with E-state index in [0.29, 0.717) is 11.3 Å². The molecule has 0 radical (unpaired) electrons. The second kappa shape index (κ2) is 4.91. The van der Waals surface area contributed by atoms with Crippen molar-refractivity contribution in [3.63, 3.8) is 0 Å². The van der Waals surface area contributed by atoms with Gasteiger partial charge in [0, 0.05) is 5.56 Å². The third-order valence-corrected chi connectivity index (χ3v) is 3.96. The maximum atomic E-state index is 13.7. The van der Waals surface area contributed by atoms with E-state index in [1.807, 2.05) is 18.2 Å². The molecule has 114 valence electrons. The van der Waals surface area contributed by atoms with Gasteiger partial charge in [-0.3, -0.25) is 4.99 Å². The van der Waals surface area contributed by atoms with Crippen molar-refractivity contribution in [1.82, 2.24) is 15.2 Å². The van der Waals surface area contributed by atoms with E-state index >= 15 is 0 Å². The average Bonchev–Trinajstić information content (AvgIpc) is 2.53. The van der Waals surface area contributed by atoms with Gasteiger partial charge in [0.05, 0.1) is 11.1 Å². The standard InChI is InChI=1S/C18H15FN4/c1-18(2)10-11-6-3-4-7-12(11)15(21-18)17-20-14-9-5-8-13(19)16(14)22-23-17/h3-9H,10H2,1-2H3. The SMILES string of the molecule is CC1(C)Cc2ccccc2C(c2nnc3c(F)cccc3n2)=N1. The number of rotatable bonds is 1. The molecule has 0 fully saturated rings. The zero-order chi connectivity index (χ0) is 16.0. The minimum absolute atomic E-state index is 0.181. The smallest absolute Gasteiger partial charge is 0.201 e. The van der Waals surface area contributed by atoms with Crippen LogP contribution in [0.2, 0.25) is 0 Å². The first-order chi connectivity index (χ1) is 11.0. The first kappa shape index (κ1) is 13.9. The highest BCUT2D eigenvalue weighted by Gasteiger charge is 2.28. The molecule has 2 aromatic carbocycles. The number of benzene rings is 2. The molecular weight excluding hydrogens is 291 g/mol. The van der Waals surface area contributed by atoms with Gasteiger partial charge in [-0.05, 0) is 38.0 Å². The fraction of sp³-hybridized carbons (Fsp3) is 0.222. The molecule has 0 spiro atoms. The minimum Gasteiger partial charge on any atom is -0.274 e. The van der Waals surface area contributed by atoms with Crippen LogP contribution >= 0.6 is 0 Å². The Kier molecular flexibility index (Phi) is 2.98. The predicted octanol–water partition coefficient (Wildman–Crippen LogP) is 3.34. The van der Waals surface area contributed by atoms with Crippen molar-refractivity contribution in [2.45, 2.75) is 25.8 Å². The molecule has 5 heteroatoms. The van der Waals surface area contributed by atoms with Crippen molar-refractivity contribution < 1.29 is 4.39 Å². The molecule has 1 aromatic heterocycles. The lowest BCUT2D eigenvalue weighted by molar-refractivity contribution is 0.513. The van der Waals surface area contributed by atoms with E-state index in [-0.39, 0.29) is 11.1 Å². The molecule has 4 rings (SSSR count). The zero-order valence-electron chi connectivity index (χ0n) is 12.9. The Balaban J connectivity index is 1.94.